The first-order valence-corrected chi connectivity index (χ1v) is 8.98. The monoisotopic (exact) mass is 435 g/mol. The van der Waals surface area contributed by atoms with Gasteiger partial charge in [0, 0.05) is 22.2 Å². The largest absolute Gasteiger partial charge is 0.673 e. The van der Waals surface area contributed by atoms with Crippen LogP contribution in [0, 0.1) is 0 Å². The molecule has 7 heteroatoms. The second-order valence-electron chi connectivity index (χ2n) is 5.94. The van der Waals surface area contributed by atoms with Crippen LogP contribution in [-0.4, -0.2) is 7.25 Å². The van der Waals surface area contributed by atoms with Crippen LogP contribution < -0.4 is 4.57 Å². The topological polar surface area (TPSA) is 3.88 Å². The van der Waals surface area contributed by atoms with Crippen LogP contribution in [0.2, 0.25) is 0 Å². The third-order valence-corrected chi connectivity index (χ3v) is 4.90. The Morgan fingerprint density at radius 2 is 1.11 bits per heavy atom. The molecular weight excluding hydrogens is 421 g/mol. The van der Waals surface area contributed by atoms with Crippen molar-refractivity contribution in [1.29, 1.82) is 0 Å². The van der Waals surface area contributed by atoms with Gasteiger partial charge < -0.3 is 17.3 Å². The zero-order chi connectivity index (χ0) is 19.6. The highest BCUT2D eigenvalue weighted by Crippen LogP contribution is 2.37. The quantitative estimate of drug-likeness (QED) is 0.138. The number of benzene rings is 3. The van der Waals surface area contributed by atoms with Crippen molar-refractivity contribution in [3.05, 3.63) is 77.3 Å². The zero-order valence-electron chi connectivity index (χ0n) is 14.3. The fourth-order valence-electron chi connectivity index (χ4n) is 3.18. The van der Waals surface area contributed by atoms with Crippen LogP contribution in [0.25, 0.3) is 32.9 Å². The molecule has 3 aromatic carbocycles. The molecule has 0 aliphatic carbocycles. The molecule has 4 aromatic rings. The third-order valence-electron chi connectivity index (χ3n) is 4.21. The lowest BCUT2D eigenvalue weighted by molar-refractivity contribution is -0.617. The van der Waals surface area contributed by atoms with Gasteiger partial charge in [-0.15, -0.1) is 0 Å². The summed E-state index contributed by atoms with van der Waals surface area (Å²) in [5.74, 6) is 0. The maximum absolute atomic E-state index is 9.75. The van der Waals surface area contributed by atoms with Gasteiger partial charge in [0.2, 0.25) is 11.0 Å². The van der Waals surface area contributed by atoms with Crippen LogP contribution in [0.4, 0.5) is 17.3 Å². The Morgan fingerprint density at radius 3 is 1.59 bits per heavy atom. The number of pyridine rings is 1. The first kappa shape index (κ1) is 19.4. The van der Waals surface area contributed by atoms with Crippen molar-refractivity contribution >= 4 is 45.0 Å². The van der Waals surface area contributed by atoms with Gasteiger partial charge in [0.1, 0.15) is 7.05 Å². The lowest BCUT2D eigenvalue weighted by Crippen LogP contribution is -2.30. The van der Waals surface area contributed by atoms with Gasteiger partial charge in [0.15, 0.2) is 0 Å². The minimum absolute atomic E-state index is 1.12. The van der Waals surface area contributed by atoms with Crippen molar-refractivity contribution in [3.8, 4) is 11.1 Å². The Balaban J connectivity index is 0.000000376. The van der Waals surface area contributed by atoms with E-state index < -0.39 is 7.25 Å². The highest BCUT2D eigenvalue weighted by molar-refractivity contribution is 9.10. The maximum atomic E-state index is 9.75. The van der Waals surface area contributed by atoms with E-state index in [2.05, 4.69) is 100 Å². The summed E-state index contributed by atoms with van der Waals surface area (Å²) in [6.45, 7) is 0. The first-order chi connectivity index (χ1) is 12.8. The Kier molecular flexibility index (Phi) is 5.51. The molecule has 0 spiro atoms. The van der Waals surface area contributed by atoms with Crippen LogP contribution >= 0.6 is 15.9 Å². The molecule has 0 aliphatic rings. The Labute approximate surface area is 162 Å². The van der Waals surface area contributed by atoms with Gasteiger partial charge in [-0.3, -0.25) is 0 Å². The molecule has 0 radical (unpaired) electrons. The van der Waals surface area contributed by atoms with Gasteiger partial charge in [0.05, 0.1) is 10.8 Å². The molecule has 0 bridgehead atoms. The lowest BCUT2D eigenvalue weighted by atomic mass is 9.96. The molecule has 0 saturated carbocycles. The molecule has 138 valence electrons. The first-order valence-electron chi connectivity index (χ1n) is 8.19. The normalized spacial score (nSPS) is 11.3. The number of aryl methyl sites for hydroxylation is 1. The van der Waals surface area contributed by atoms with E-state index >= 15 is 0 Å². The van der Waals surface area contributed by atoms with Gasteiger partial charge in [0.25, 0.3) is 0 Å². The van der Waals surface area contributed by atoms with Gasteiger partial charge in [-0.05, 0) is 23.8 Å². The summed E-state index contributed by atoms with van der Waals surface area (Å²) in [6, 6.07) is 25.6. The van der Waals surface area contributed by atoms with Crippen molar-refractivity contribution in [2.75, 3.05) is 0 Å². The third kappa shape index (κ3) is 4.30. The lowest BCUT2D eigenvalue weighted by Gasteiger charge is -2.11. The summed E-state index contributed by atoms with van der Waals surface area (Å²) in [4.78, 5) is 0. The minimum Gasteiger partial charge on any atom is -0.418 e. The SMILES string of the molecule is C[n+]1c2ccccc2c(-c2ccccc2Br)c2ccccc21.F[B-](F)(F)F. The van der Waals surface area contributed by atoms with Crippen molar-refractivity contribution in [2.24, 2.45) is 7.05 Å². The molecule has 0 atom stereocenters. The number of halogens is 5. The molecule has 0 fully saturated rings. The average molecular weight is 436 g/mol. The summed E-state index contributed by atoms with van der Waals surface area (Å²) in [6.07, 6.45) is 0. The van der Waals surface area contributed by atoms with Gasteiger partial charge in [-0.25, -0.2) is 0 Å². The van der Waals surface area contributed by atoms with E-state index in [4.69, 9.17) is 0 Å². The number of nitrogens with zero attached hydrogens (tertiary/aromatic N) is 1. The van der Waals surface area contributed by atoms with Crippen LogP contribution in [0.1, 0.15) is 0 Å². The average Bonchev–Trinajstić information content (AvgIpc) is 2.62. The molecule has 0 amide bonds. The molecule has 0 unspecified atom stereocenters. The fraction of sp³-hybridized carbons (Fsp3) is 0.0500. The molecule has 0 N–H and O–H groups in total. The summed E-state index contributed by atoms with van der Waals surface area (Å²) in [5.41, 5.74) is 5.01. The Hall–Kier alpha value is -2.41. The van der Waals surface area contributed by atoms with Crippen molar-refractivity contribution in [1.82, 2.24) is 0 Å². The van der Waals surface area contributed by atoms with E-state index in [1.807, 2.05) is 0 Å². The minimum atomic E-state index is -6.00. The molecule has 4 rings (SSSR count). The number of para-hydroxylation sites is 2. The predicted octanol–water partition coefficient (Wildman–Crippen LogP) is 6.55. The second kappa shape index (κ2) is 7.68. The summed E-state index contributed by atoms with van der Waals surface area (Å²) in [7, 11) is -3.87. The van der Waals surface area contributed by atoms with E-state index in [-0.39, 0.29) is 0 Å². The van der Waals surface area contributed by atoms with E-state index in [1.165, 1.54) is 32.9 Å². The van der Waals surface area contributed by atoms with E-state index in [0.29, 0.717) is 0 Å². The highest BCUT2D eigenvalue weighted by atomic mass is 79.9. The van der Waals surface area contributed by atoms with E-state index in [1.54, 1.807) is 0 Å². The van der Waals surface area contributed by atoms with Crippen molar-refractivity contribution in [2.45, 2.75) is 0 Å². The standard InChI is InChI=1S/C20H15BrN.BF4/c1-22-18-12-6-3-9-15(18)20(14-8-2-5-11-17(14)21)16-10-4-7-13-19(16)22;2-1(3,4)5/h2-13H,1H3;/q+1;-1. The van der Waals surface area contributed by atoms with Gasteiger partial charge in [-0.1, -0.05) is 58.4 Å². The molecular formula is C20H15BBrF4N. The molecule has 1 nitrogen and oxygen atoms in total. The predicted molar refractivity (Wildman–Crippen MR) is 106 cm³/mol. The second-order valence-corrected chi connectivity index (χ2v) is 6.80. The maximum Gasteiger partial charge on any atom is 0.673 e. The number of aromatic nitrogens is 1. The highest BCUT2D eigenvalue weighted by Gasteiger charge is 2.21. The number of hydrogen-bond acceptors (Lipinski definition) is 0. The van der Waals surface area contributed by atoms with Crippen LogP contribution in [0.3, 0.4) is 0 Å². The fourth-order valence-corrected chi connectivity index (χ4v) is 3.67. The van der Waals surface area contributed by atoms with Crippen LogP contribution in [-0.2, 0) is 7.05 Å². The van der Waals surface area contributed by atoms with E-state index in [0.717, 1.165) is 4.47 Å². The van der Waals surface area contributed by atoms with Crippen LogP contribution in [0.15, 0.2) is 77.3 Å². The van der Waals surface area contributed by atoms with Crippen molar-refractivity contribution < 1.29 is 21.8 Å². The molecule has 1 aromatic heterocycles. The number of rotatable bonds is 1. The van der Waals surface area contributed by atoms with Crippen molar-refractivity contribution in [3.63, 3.8) is 0 Å². The van der Waals surface area contributed by atoms with Gasteiger partial charge >= 0.3 is 7.25 Å². The Bertz CT molecular complexity index is 1050. The van der Waals surface area contributed by atoms with E-state index in [9.17, 15) is 17.3 Å². The number of fused-ring (bicyclic) bond motifs is 2. The zero-order valence-corrected chi connectivity index (χ0v) is 15.9. The summed E-state index contributed by atoms with van der Waals surface area (Å²) >= 11 is 3.72. The summed E-state index contributed by atoms with van der Waals surface area (Å²) in [5, 5.41) is 2.55. The summed E-state index contributed by atoms with van der Waals surface area (Å²) < 4.78 is 42.4. The molecule has 0 saturated heterocycles. The smallest absolute Gasteiger partial charge is 0.418 e. The molecule has 27 heavy (non-hydrogen) atoms. The van der Waals surface area contributed by atoms with Gasteiger partial charge in [-0.2, -0.15) is 4.57 Å². The number of hydrogen-bond donors (Lipinski definition) is 0. The molecule has 0 aliphatic heterocycles. The van der Waals surface area contributed by atoms with Crippen LogP contribution in [0.5, 0.6) is 0 Å². The molecule has 1 heterocycles. The Morgan fingerprint density at radius 1 is 0.704 bits per heavy atom.